The van der Waals surface area contributed by atoms with Crippen molar-refractivity contribution in [2.75, 3.05) is 6.61 Å². The standard InChI is InChI=1S/C11H15FN3O14P3/c12-5-1-13-9-4(5)2-15(11(18)14-9)10-8(17)7(16)6(27-10)3-26-31(22,23)29-32(24,25)28-30(19,20)21/h1-2,6-8,10,16-17H,3H2,(H,22,23)(H,24,25)(H,13,14,18)(H2,19,20,21)/t6-,7?,8+,10-/m1/s1. The highest BCUT2D eigenvalue weighted by atomic mass is 31.3. The Morgan fingerprint density at radius 1 is 1.12 bits per heavy atom. The summed E-state index contributed by atoms with van der Waals surface area (Å²) >= 11 is 0. The number of aromatic nitrogens is 3. The number of H-pyrrole nitrogens is 1. The smallest absolute Gasteiger partial charge is 0.387 e. The number of hydrogen-bond donors (Lipinski definition) is 7. The van der Waals surface area contributed by atoms with Gasteiger partial charge in [-0.05, 0) is 0 Å². The van der Waals surface area contributed by atoms with Gasteiger partial charge in [0.15, 0.2) is 12.0 Å². The van der Waals surface area contributed by atoms with Crippen LogP contribution in [-0.4, -0.2) is 69.2 Å². The Kier molecular flexibility index (Phi) is 6.93. The summed E-state index contributed by atoms with van der Waals surface area (Å²) in [5.41, 5.74) is -1.11. The lowest BCUT2D eigenvalue weighted by molar-refractivity contribution is -0.0539. The van der Waals surface area contributed by atoms with E-state index in [-0.39, 0.29) is 11.0 Å². The fourth-order valence-corrected chi connectivity index (χ4v) is 5.74. The molecule has 3 unspecified atom stereocenters. The highest BCUT2D eigenvalue weighted by Crippen LogP contribution is 2.66. The molecular weight excluding hydrogens is 510 g/mol. The third-order valence-corrected chi connectivity index (χ3v) is 7.78. The number of ether oxygens (including phenoxy) is 1. The van der Waals surface area contributed by atoms with Crippen LogP contribution in [0.2, 0.25) is 0 Å². The summed E-state index contributed by atoms with van der Waals surface area (Å²) in [6.45, 7) is -1.08. The molecule has 1 fully saturated rings. The van der Waals surface area contributed by atoms with Crippen molar-refractivity contribution >= 4 is 34.5 Å². The van der Waals surface area contributed by atoms with Crippen molar-refractivity contribution in [3.05, 3.63) is 28.7 Å². The van der Waals surface area contributed by atoms with E-state index in [1.807, 2.05) is 0 Å². The first kappa shape index (κ1) is 25.3. The van der Waals surface area contributed by atoms with Crippen LogP contribution in [-0.2, 0) is 31.6 Å². The van der Waals surface area contributed by atoms with E-state index >= 15 is 0 Å². The van der Waals surface area contributed by atoms with Gasteiger partial charge in [-0.15, -0.1) is 0 Å². The molecule has 2 aromatic heterocycles. The predicted octanol–water partition coefficient (Wildman–Crippen LogP) is -1.17. The Morgan fingerprint density at radius 3 is 2.41 bits per heavy atom. The molecule has 3 rings (SSSR count). The number of nitrogens with zero attached hydrogens (tertiary/aromatic N) is 2. The molecule has 0 saturated carbocycles. The molecule has 0 aromatic carbocycles. The second-order valence-electron chi connectivity index (χ2n) is 6.26. The summed E-state index contributed by atoms with van der Waals surface area (Å²) in [5.74, 6) is -0.779. The summed E-state index contributed by atoms with van der Waals surface area (Å²) in [4.78, 5) is 53.6. The predicted molar refractivity (Wildman–Crippen MR) is 96.1 cm³/mol. The summed E-state index contributed by atoms with van der Waals surface area (Å²) in [5, 5.41) is 20.1. The third-order valence-electron chi connectivity index (χ3n) is 3.97. The first-order valence-electron chi connectivity index (χ1n) is 8.14. The van der Waals surface area contributed by atoms with Gasteiger partial charge in [-0.25, -0.2) is 22.9 Å². The number of hydrogen-bond acceptors (Lipinski definition) is 11. The van der Waals surface area contributed by atoms with Crippen molar-refractivity contribution in [1.29, 1.82) is 0 Å². The molecule has 0 aliphatic carbocycles. The number of aliphatic hydroxyl groups excluding tert-OH is 2. The maximum atomic E-state index is 13.8. The van der Waals surface area contributed by atoms with Gasteiger partial charge in [0.1, 0.15) is 24.0 Å². The van der Waals surface area contributed by atoms with Crippen LogP contribution in [0, 0.1) is 5.82 Å². The van der Waals surface area contributed by atoms with Gasteiger partial charge >= 0.3 is 29.2 Å². The number of phosphoric acid groups is 3. The van der Waals surface area contributed by atoms with Crippen LogP contribution in [0.1, 0.15) is 6.23 Å². The molecule has 0 amide bonds. The van der Waals surface area contributed by atoms with Gasteiger partial charge in [-0.2, -0.15) is 13.6 Å². The molecule has 1 saturated heterocycles. The SMILES string of the molecule is O=c1nc2[nH]cc(F)c2cn1[C@@H]1O[C@H](COP(=O)(O)OP(=O)(O)OP(=O)(O)O)C(O)[C@@H]1O. The molecule has 1 aliphatic heterocycles. The van der Waals surface area contributed by atoms with Crippen LogP contribution in [0.4, 0.5) is 4.39 Å². The summed E-state index contributed by atoms with van der Waals surface area (Å²) in [6, 6.07) is 0. The van der Waals surface area contributed by atoms with Crippen LogP contribution >= 0.6 is 23.5 Å². The van der Waals surface area contributed by atoms with E-state index in [0.29, 0.717) is 4.57 Å². The molecule has 180 valence electrons. The van der Waals surface area contributed by atoms with Crippen LogP contribution in [0.3, 0.4) is 0 Å². The molecule has 21 heteroatoms. The van der Waals surface area contributed by atoms with Crippen LogP contribution in [0.15, 0.2) is 17.2 Å². The van der Waals surface area contributed by atoms with Gasteiger partial charge in [-0.3, -0.25) is 9.09 Å². The first-order valence-corrected chi connectivity index (χ1v) is 12.7. The summed E-state index contributed by atoms with van der Waals surface area (Å²) in [7, 11) is -16.9. The molecule has 17 nitrogen and oxygen atoms in total. The number of fused-ring (bicyclic) bond motifs is 1. The Bertz CT molecular complexity index is 1210. The minimum Gasteiger partial charge on any atom is -0.387 e. The van der Waals surface area contributed by atoms with Crippen LogP contribution in [0.25, 0.3) is 11.0 Å². The van der Waals surface area contributed by atoms with Crippen molar-refractivity contribution in [3.8, 4) is 0 Å². The zero-order valence-electron chi connectivity index (χ0n) is 15.2. The van der Waals surface area contributed by atoms with E-state index in [1.54, 1.807) is 0 Å². The molecule has 7 N–H and O–H groups in total. The Morgan fingerprint density at radius 2 is 1.78 bits per heavy atom. The molecule has 0 spiro atoms. The zero-order chi connectivity index (χ0) is 24.1. The van der Waals surface area contributed by atoms with Gasteiger partial charge in [0, 0.05) is 12.4 Å². The topological polar surface area (TPSA) is 260 Å². The minimum absolute atomic E-state index is 0.0963. The van der Waals surface area contributed by atoms with Crippen LogP contribution in [0.5, 0.6) is 0 Å². The Labute approximate surface area is 175 Å². The lowest BCUT2D eigenvalue weighted by Crippen LogP contribution is -2.36. The van der Waals surface area contributed by atoms with Gasteiger partial charge in [0.05, 0.1) is 12.0 Å². The molecule has 0 bridgehead atoms. The Balaban J connectivity index is 1.72. The average Bonchev–Trinajstić information content (AvgIpc) is 3.10. The number of halogens is 1. The quantitative estimate of drug-likeness (QED) is 0.200. The molecule has 3 heterocycles. The number of aromatic amines is 1. The number of rotatable bonds is 8. The largest absolute Gasteiger partial charge is 0.490 e. The monoisotopic (exact) mass is 525 g/mol. The highest BCUT2D eigenvalue weighted by Gasteiger charge is 2.46. The van der Waals surface area contributed by atoms with Crippen molar-refractivity contribution in [2.24, 2.45) is 0 Å². The molecule has 32 heavy (non-hydrogen) atoms. The zero-order valence-corrected chi connectivity index (χ0v) is 17.9. The fourth-order valence-electron chi connectivity index (χ4n) is 2.71. The molecule has 2 aromatic rings. The van der Waals surface area contributed by atoms with E-state index in [2.05, 4.69) is 23.1 Å². The minimum atomic E-state index is -5.76. The molecule has 1 aliphatic rings. The van der Waals surface area contributed by atoms with Crippen LogP contribution < -0.4 is 5.69 Å². The van der Waals surface area contributed by atoms with E-state index < -0.39 is 66.1 Å². The van der Waals surface area contributed by atoms with Crippen molar-refractivity contribution in [3.63, 3.8) is 0 Å². The van der Waals surface area contributed by atoms with Gasteiger partial charge < -0.3 is 39.5 Å². The van der Waals surface area contributed by atoms with E-state index in [1.165, 1.54) is 0 Å². The summed E-state index contributed by atoms with van der Waals surface area (Å²) in [6.07, 6.45) is -5.07. The lowest BCUT2D eigenvalue weighted by Gasteiger charge is -2.19. The highest BCUT2D eigenvalue weighted by molar-refractivity contribution is 7.66. The van der Waals surface area contributed by atoms with E-state index in [0.717, 1.165) is 12.4 Å². The summed E-state index contributed by atoms with van der Waals surface area (Å²) < 4.78 is 64.7. The normalized spacial score (nSPS) is 28.0. The van der Waals surface area contributed by atoms with Crippen molar-refractivity contribution < 1.29 is 65.8 Å². The Hall–Kier alpha value is -1.36. The molecular formula is C11H15FN3O14P3. The van der Waals surface area contributed by atoms with Crippen molar-refractivity contribution in [1.82, 2.24) is 14.5 Å². The molecule has 0 radical (unpaired) electrons. The van der Waals surface area contributed by atoms with Gasteiger partial charge in [0.2, 0.25) is 0 Å². The maximum absolute atomic E-state index is 13.8. The molecule has 6 atom stereocenters. The van der Waals surface area contributed by atoms with Gasteiger partial charge in [0.25, 0.3) is 0 Å². The van der Waals surface area contributed by atoms with Crippen molar-refractivity contribution in [2.45, 2.75) is 24.5 Å². The number of phosphoric ester groups is 1. The first-order chi connectivity index (χ1) is 14.6. The average molecular weight is 525 g/mol. The maximum Gasteiger partial charge on any atom is 0.490 e. The fraction of sp³-hybridized carbons (Fsp3) is 0.455. The number of nitrogens with one attached hydrogen (secondary N) is 1. The third kappa shape index (κ3) is 5.76. The lowest BCUT2D eigenvalue weighted by atomic mass is 10.1. The second-order valence-corrected chi connectivity index (χ2v) is 10.7. The number of aliphatic hydroxyl groups is 2. The van der Waals surface area contributed by atoms with Gasteiger partial charge in [-0.1, -0.05) is 0 Å². The van der Waals surface area contributed by atoms with E-state index in [4.69, 9.17) is 19.4 Å². The van der Waals surface area contributed by atoms with E-state index in [9.17, 15) is 38.0 Å². The second kappa shape index (κ2) is 8.77.